The molecule has 1 aromatic rings. The molecule has 0 aliphatic rings. The van der Waals surface area contributed by atoms with Gasteiger partial charge in [-0.2, -0.15) is 0 Å². The summed E-state index contributed by atoms with van der Waals surface area (Å²) in [5.41, 5.74) is 2.05. The van der Waals surface area contributed by atoms with Gasteiger partial charge in [0.25, 0.3) is 0 Å². The number of aromatic nitrogens is 2. The molecule has 18 heavy (non-hydrogen) atoms. The molecular weight excluding hydrogens is 226 g/mol. The van der Waals surface area contributed by atoms with Crippen LogP contribution in [0.5, 0.6) is 0 Å². The largest absolute Gasteiger partial charge is 0.373 e. The lowest BCUT2D eigenvalue weighted by atomic mass is 10.2. The van der Waals surface area contributed by atoms with E-state index in [9.17, 15) is 0 Å². The molecule has 0 aliphatic carbocycles. The molecule has 1 heterocycles. The first-order valence-electron chi connectivity index (χ1n) is 6.79. The molecule has 1 aromatic heterocycles. The van der Waals surface area contributed by atoms with E-state index in [1.807, 2.05) is 13.0 Å². The highest BCUT2D eigenvalue weighted by atomic mass is 16.5. The predicted molar refractivity (Wildman–Crippen MR) is 73.4 cm³/mol. The molecule has 0 bridgehead atoms. The van der Waals surface area contributed by atoms with Gasteiger partial charge in [-0.25, -0.2) is 9.97 Å². The standard InChI is InChI=1S/C14H25N3O/c1-5-7-13(18-4)14-16-11(3)9-12(17-14)10-15-8-6-2/h9,13,15H,5-8,10H2,1-4H3. The Morgan fingerprint density at radius 3 is 2.67 bits per heavy atom. The average Bonchev–Trinajstić information content (AvgIpc) is 2.35. The van der Waals surface area contributed by atoms with Crippen molar-refractivity contribution < 1.29 is 4.74 Å². The van der Waals surface area contributed by atoms with Crippen molar-refractivity contribution in [3.8, 4) is 0 Å². The maximum Gasteiger partial charge on any atom is 0.157 e. The van der Waals surface area contributed by atoms with Gasteiger partial charge in [-0.3, -0.25) is 0 Å². The van der Waals surface area contributed by atoms with Crippen LogP contribution in [0.3, 0.4) is 0 Å². The molecule has 0 amide bonds. The van der Waals surface area contributed by atoms with Crippen LogP contribution in [0.1, 0.15) is 56.4 Å². The minimum Gasteiger partial charge on any atom is -0.373 e. The lowest BCUT2D eigenvalue weighted by Crippen LogP contribution is -2.17. The molecule has 0 saturated carbocycles. The Kier molecular flexibility index (Phi) is 6.83. The van der Waals surface area contributed by atoms with Gasteiger partial charge in [-0.15, -0.1) is 0 Å². The number of nitrogens with one attached hydrogen (secondary N) is 1. The van der Waals surface area contributed by atoms with E-state index < -0.39 is 0 Å². The highest BCUT2D eigenvalue weighted by molar-refractivity contribution is 5.11. The summed E-state index contributed by atoms with van der Waals surface area (Å²) >= 11 is 0. The summed E-state index contributed by atoms with van der Waals surface area (Å²) in [6.07, 6.45) is 3.17. The van der Waals surface area contributed by atoms with Crippen molar-refractivity contribution in [3.05, 3.63) is 23.3 Å². The van der Waals surface area contributed by atoms with Gasteiger partial charge in [-0.05, 0) is 32.4 Å². The van der Waals surface area contributed by atoms with Gasteiger partial charge >= 0.3 is 0 Å². The van der Waals surface area contributed by atoms with Crippen molar-refractivity contribution >= 4 is 0 Å². The molecule has 0 saturated heterocycles. The van der Waals surface area contributed by atoms with Crippen LogP contribution in [0.2, 0.25) is 0 Å². The third-order valence-electron chi connectivity index (χ3n) is 2.78. The number of rotatable bonds is 8. The molecule has 0 spiro atoms. The Morgan fingerprint density at radius 1 is 1.28 bits per heavy atom. The van der Waals surface area contributed by atoms with Crippen molar-refractivity contribution in [2.75, 3.05) is 13.7 Å². The van der Waals surface area contributed by atoms with Gasteiger partial charge in [0.2, 0.25) is 0 Å². The number of ether oxygens (including phenoxy) is 1. The molecule has 4 nitrogen and oxygen atoms in total. The van der Waals surface area contributed by atoms with Crippen molar-refractivity contribution in [3.63, 3.8) is 0 Å². The maximum atomic E-state index is 5.47. The minimum absolute atomic E-state index is 0.0137. The van der Waals surface area contributed by atoms with E-state index in [2.05, 4.69) is 29.1 Å². The zero-order valence-corrected chi connectivity index (χ0v) is 12.0. The summed E-state index contributed by atoms with van der Waals surface area (Å²) in [6, 6.07) is 2.03. The van der Waals surface area contributed by atoms with Gasteiger partial charge in [-0.1, -0.05) is 20.3 Å². The van der Waals surface area contributed by atoms with E-state index >= 15 is 0 Å². The van der Waals surface area contributed by atoms with E-state index in [4.69, 9.17) is 4.74 Å². The highest BCUT2D eigenvalue weighted by Crippen LogP contribution is 2.19. The summed E-state index contributed by atoms with van der Waals surface area (Å²) in [6.45, 7) is 8.12. The van der Waals surface area contributed by atoms with E-state index in [0.29, 0.717) is 0 Å². The topological polar surface area (TPSA) is 47.0 Å². The molecule has 1 N–H and O–H groups in total. The summed E-state index contributed by atoms with van der Waals surface area (Å²) in [4.78, 5) is 9.08. The first-order chi connectivity index (χ1) is 8.71. The Balaban J connectivity index is 2.78. The lowest BCUT2D eigenvalue weighted by Gasteiger charge is -2.14. The molecular formula is C14H25N3O. The van der Waals surface area contributed by atoms with Gasteiger partial charge < -0.3 is 10.1 Å². The average molecular weight is 251 g/mol. The SMILES string of the molecule is CCCNCc1cc(C)nc(C(CCC)OC)n1. The molecule has 0 aromatic carbocycles. The van der Waals surface area contributed by atoms with Gasteiger partial charge in [0.1, 0.15) is 6.10 Å². The van der Waals surface area contributed by atoms with E-state index in [1.165, 1.54) is 0 Å². The van der Waals surface area contributed by atoms with Crippen LogP contribution in [-0.2, 0) is 11.3 Å². The quantitative estimate of drug-likeness (QED) is 0.722. The van der Waals surface area contributed by atoms with Gasteiger partial charge in [0.15, 0.2) is 5.82 Å². The third kappa shape index (κ3) is 4.70. The number of hydrogen-bond donors (Lipinski definition) is 1. The molecule has 102 valence electrons. The Bertz CT molecular complexity index is 355. The zero-order chi connectivity index (χ0) is 13.4. The van der Waals surface area contributed by atoms with Crippen LogP contribution in [0, 0.1) is 6.92 Å². The Labute approximate surface area is 110 Å². The molecule has 0 aliphatic heterocycles. The molecule has 0 fully saturated rings. The van der Waals surface area contributed by atoms with Gasteiger partial charge in [0.05, 0.1) is 5.69 Å². The molecule has 1 atom stereocenters. The Morgan fingerprint density at radius 2 is 2.06 bits per heavy atom. The van der Waals surface area contributed by atoms with Crippen molar-refractivity contribution in [2.24, 2.45) is 0 Å². The van der Waals surface area contributed by atoms with Crippen LogP contribution in [0.15, 0.2) is 6.07 Å². The normalized spacial score (nSPS) is 12.7. The lowest BCUT2D eigenvalue weighted by molar-refractivity contribution is 0.0872. The molecule has 4 heteroatoms. The fourth-order valence-corrected chi connectivity index (χ4v) is 1.90. The number of methoxy groups -OCH3 is 1. The third-order valence-corrected chi connectivity index (χ3v) is 2.78. The van der Waals surface area contributed by atoms with Crippen LogP contribution >= 0.6 is 0 Å². The van der Waals surface area contributed by atoms with Crippen molar-refractivity contribution in [1.29, 1.82) is 0 Å². The van der Waals surface area contributed by atoms with E-state index in [-0.39, 0.29) is 6.10 Å². The van der Waals surface area contributed by atoms with Crippen molar-refractivity contribution in [1.82, 2.24) is 15.3 Å². The van der Waals surface area contributed by atoms with E-state index in [1.54, 1.807) is 7.11 Å². The number of aryl methyl sites for hydroxylation is 1. The molecule has 1 rings (SSSR count). The smallest absolute Gasteiger partial charge is 0.157 e. The number of nitrogens with zero attached hydrogens (tertiary/aromatic N) is 2. The predicted octanol–water partition coefficient (Wildman–Crippen LogP) is 2.77. The first-order valence-corrected chi connectivity index (χ1v) is 6.79. The summed E-state index contributed by atoms with van der Waals surface area (Å²) in [5.74, 6) is 0.813. The molecule has 0 radical (unpaired) electrons. The second-order valence-corrected chi connectivity index (χ2v) is 4.55. The monoisotopic (exact) mass is 251 g/mol. The van der Waals surface area contributed by atoms with Crippen molar-refractivity contribution in [2.45, 2.75) is 52.7 Å². The number of hydrogen-bond acceptors (Lipinski definition) is 4. The van der Waals surface area contributed by atoms with Crippen LogP contribution in [0.4, 0.5) is 0 Å². The van der Waals surface area contributed by atoms with E-state index in [0.717, 1.165) is 49.6 Å². The fraction of sp³-hybridized carbons (Fsp3) is 0.714. The van der Waals surface area contributed by atoms with Crippen LogP contribution < -0.4 is 5.32 Å². The van der Waals surface area contributed by atoms with Crippen LogP contribution in [-0.4, -0.2) is 23.6 Å². The molecule has 1 unspecified atom stereocenters. The zero-order valence-electron chi connectivity index (χ0n) is 12.0. The Hall–Kier alpha value is -1.00. The first kappa shape index (κ1) is 15.1. The second kappa shape index (κ2) is 8.16. The summed E-state index contributed by atoms with van der Waals surface area (Å²) in [5, 5.41) is 3.36. The summed E-state index contributed by atoms with van der Waals surface area (Å²) < 4.78 is 5.47. The minimum atomic E-state index is 0.0137. The van der Waals surface area contributed by atoms with Gasteiger partial charge in [0, 0.05) is 19.3 Å². The second-order valence-electron chi connectivity index (χ2n) is 4.55. The maximum absolute atomic E-state index is 5.47. The fourth-order valence-electron chi connectivity index (χ4n) is 1.90. The highest BCUT2D eigenvalue weighted by Gasteiger charge is 2.14. The summed E-state index contributed by atoms with van der Waals surface area (Å²) in [7, 11) is 1.72. The van der Waals surface area contributed by atoms with Crippen LogP contribution in [0.25, 0.3) is 0 Å².